The van der Waals surface area contributed by atoms with Crippen LogP contribution in [0, 0.1) is 11.3 Å². The van der Waals surface area contributed by atoms with Gasteiger partial charge in [-0.3, -0.25) is 0 Å². The molecule has 21 heavy (non-hydrogen) atoms. The molecule has 0 aliphatic carbocycles. The summed E-state index contributed by atoms with van der Waals surface area (Å²) in [7, 11) is -3.63. The molecular formula is C15H15N3O2S. The van der Waals surface area contributed by atoms with Crippen LogP contribution in [0.25, 0.3) is 0 Å². The smallest absolute Gasteiger partial charge is 0.240 e. The predicted molar refractivity (Wildman–Crippen MR) is 79.7 cm³/mol. The van der Waals surface area contributed by atoms with Crippen molar-refractivity contribution < 1.29 is 8.42 Å². The molecule has 0 radical (unpaired) electrons. The summed E-state index contributed by atoms with van der Waals surface area (Å²) in [6.45, 7) is 0.104. The third-order valence-corrected chi connectivity index (χ3v) is 4.45. The first-order chi connectivity index (χ1) is 10.0. The molecule has 2 aromatic carbocycles. The average molecular weight is 301 g/mol. The lowest BCUT2D eigenvalue weighted by Crippen LogP contribution is -2.31. The summed E-state index contributed by atoms with van der Waals surface area (Å²) < 4.78 is 26.7. The van der Waals surface area contributed by atoms with Gasteiger partial charge in [-0.1, -0.05) is 30.3 Å². The summed E-state index contributed by atoms with van der Waals surface area (Å²) in [6, 6.07) is 16.5. The highest BCUT2D eigenvalue weighted by Crippen LogP contribution is 2.12. The van der Waals surface area contributed by atoms with E-state index in [1.54, 1.807) is 0 Å². The molecule has 0 fully saturated rings. The van der Waals surface area contributed by atoms with Gasteiger partial charge in [-0.15, -0.1) is 0 Å². The Morgan fingerprint density at radius 1 is 1.10 bits per heavy atom. The minimum Gasteiger partial charge on any atom is -0.323 e. The summed E-state index contributed by atoms with van der Waals surface area (Å²) in [6.07, 6.45) is 0. The van der Waals surface area contributed by atoms with Gasteiger partial charge < -0.3 is 5.73 Å². The standard InChI is InChI=1S/C15H15N3O2S/c16-10-12-6-8-14(9-7-12)21(19,20)18-11-15(17)13-4-2-1-3-5-13/h1-9,15,18H,11,17H2. The Balaban J connectivity index is 2.06. The Kier molecular flexibility index (Phi) is 4.70. The van der Waals surface area contributed by atoms with Crippen LogP contribution >= 0.6 is 0 Å². The molecule has 1 unspecified atom stereocenters. The van der Waals surface area contributed by atoms with Crippen LogP contribution in [0.4, 0.5) is 0 Å². The second-order valence-corrected chi connectivity index (χ2v) is 6.27. The molecule has 0 heterocycles. The van der Waals surface area contributed by atoms with Crippen molar-refractivity contribution in [3.05, 3.63) is 65.7 Å². The van der Waals surface area contributed by atoms with Crippen LogP contribution < -0.4 is 10.5 Å². The van der Waals surface area contributed by atoms with E-state index in [9.17, 15) is 8.42 Å². The van der Waals surface area contributed by atoms with Crippen molar-refractivity contribution in [2.24, 2.45) is 5.73 Å². The summed E-state index contributed by atoms with van der Waals surface area (Å²) in [5.41, 5.74) is 7.23. The van der Waals surface area contributed by atoms with E-state index in [1.807, 2.05) is 36.4 Å². The van der Waals surface area contributed by atoms with Crippen molar-refractivity contribution in [2.45, 2.75) is 10.9 Å². The number of nitrogens with zero attached hydrogens (tertiary/aromatic N) is 1. The fraction of sp³-hybridized carbons (Fsp3) is 0.133. The van der Waals surface area contributed by atoms with E-state index < -0.39 is 16.1 Å². The number of rotatable bonds is 5. The topological polar surface area (TPSA) is 96.0 Å². The zero-order valence-corrected chi connectivity index (χ0v) is 12.0. The number of nitrogens with two attached hydrogens (primary N) is 1. The molecule has 2 aromatic rings. The summed E-state index contributed by atoms with van der Waals surface area (Å²) in [4.78, 5) is 0.113. The molecule has 0 aliphatic rings. The average Bonchev–Trinajstić information content (AvgIpc) is 2.53. The Morgan fingerprint density at radius 2 is 1.71 bits per heavy atom. The lowest BCUT2D eigenvalue weighted by molar-refractivity contribution is 0.572. The molecule has 0 aliphatic heterocycles. The van der Waals surface area contributed by atoms with E-state index in [4.69, 9.17) is 11.0 Å². The molecule has 0 aromatic heterocycles. The third kappa shape index (κ3) is 3.89. The Bertz CT molecular complexity index is 735. The van der Waals surface area contributed by atoms with Crippen LogP contribution in [-0.2, 0) is 10.0 Å². The number of nitrogens with one attached hydrogen (secondary N) is 1. The highest BCUT2D eigenvalue weighted by atomic mass is 32.2. The van der Waals surface area contributed by atoms with Crippen molar-refractivity contribution >= 4 is 10.0 Å². The van der Waals surface area contributed by atoms with Crippen LogP contribution in [-0.4, -0.2) is 15.0 Å². The summed E-state index contributed by atoms with van der Waals surface area (Å²) in [5, 5.41) is 8.70. The van der Waals surface area contributed by atoms with Gasteiger partial charge in [0, 0.05) is 12.6 Å². The maximum atomic E-state index is 12.1. The van der Waals surface area contributed by atoms with Gasteiger partial charge in [0.2, 0.25) is 10.0 Å². The SMILES string of the molecule is N#Cc1ccc(S(=O)(=O)NCC(N)c2ccccc2)cc1. The normalized spacial score (nSPS) is 12.6. The quantitative estimate of drug-likeness (QED) is 0.875. The first-order valence-electron chi connectivity index (χ1n) is 6.33. The van der Waals surface area contributed by atoms with Gasteiger partial charge in [0.15, 0.2) is 0 Å². The first-order valence-corrected chi connectivity index (χ1v) is 7.81. The lowest BCUT2D eigenvalue weighted by atomic mass is 10.1. The van der Waals surface area contributed by atoms with Gasteiger partial charge in [-0.25, -0.2) is 13.1 Å². The molecular weight excluding hydrogens is 286 g/mol. The van der Waals surface area contributed by atoms with Crippen molar-refractivity contribution in [2.75, 3.05) is 6.54 Å². The van der Waals surface area contributed by atoms with Crippen LogP contribution in [0.1, 0.15) is 17.2 Å². The molecule has 0 spiro atoms. The molecule has 3 N–H and O–H groups in total. The maximum absolute atomic E-state index is 12.1. The van der Waals surface area contributed by atoms with Crippen LogP contribution in [0.5, 0.6) is 0 Å². The van der Waals surface area contributed by atoms with E-state index in [1.165, 1.54) is 24.3 Å². The largest absolute Gasteiger partial charge is 0.323 e. The van der Waals surface area contributed by atoms with E-state index in [0.29, 0.717) is 5.56 Å². The first kappa shape index (κ1) is 15.2. The van der Waals surface area contributed by atoms with Crippen molar-refractivity contribution in [3.63, 3.8) is 0 Å². The monoisotopic (exact) mass is 301 g/mol. The summed E-state index contributed by atoms with van der Waals surface area (Å²) >= 11 is 0. The van der Waals surface area contributed by atoms with Crippen molar-refractivity contribution in [3.8, 4) is 6.07 Å². The fourth-order valence-electron chi connectivity index (χ4n) is 1.81. The van der Waals surface area contributed by atoms with Crippen molar-refractivity contribution in [1.29, 1.82) is 5.26 Å². The third-order valence-electron chi connectivity index (χ3n) is 3.01. The number of nitriles is 1. The molecule has 2 rings (SSSR count). The molecule has 108 valence electrons. The van der Waals surface area contributed by atoms with Gasteiger partial charge >= 0.3 is 0 Å². The van der Waals surface area contributed by atoms with Gasteiger partial charge in [-0.2, -0.15) is 5.26 Å². The van der Waals surface area contributed by atoms with Crippen LogP contribution in [0.15, 0.2) is 59.5 Å². The molecule has 1 atom stereocenters. The molecule has 0 saturated carbocycles. The maximum Gasteiger partial charge on any atom is 0.240 e. The highest BCUT2D eigenvalue weighted by Gasteiger charge is 2.15. The second-order valence-electron chi connectivity index (χ2n) is 4.51. The molecule has 0 saturated heterocycles. The minimum absolute atomic E-state index is 0.104. The Morgan fingerprint density at radius 3 is 2.29 bits per heavy atom. The van der Waals surface area contributed by atoms with Crippen LogP contribution in [0.3, 0.4) is 0 Å². The second kappa shape index (κ2) is 6.50. The zero-order chi connectivity index (χ0) is 15.3. The minimum atomic E-state index is -3.63. The lowest BCUT2D eigenvalue weighted by Gasteiger charge is -2.13. The Hall–Kier alpha value is -2.20. The Labute approximate surface area is 124 Å². The summed E-state index contributed by atoms with van der Waals surface area (Å²) in [5.74, 6) is 0. The van der Waals surface area contributed by atoms with E-state index in [2.05, 4.69) is 4.72 Å². The molecule has 0 bridgehead atoms. The highest BCUT2D eigenvalue weighted by molar-refractivity contribution is 7.89. The van der Waals surface area contributed by atoms with E-state index in [0.717, 1.165) is 5.56 Å². The zero-order valence-electron chi connectivity index (χ0n) is 11.2. The van der Waals surface area contributed by atoms with Gasteiger partial charge in [0.1, 0.15) is 0 Å². The van der Waals surface area contributed by atoms with Crippen LogP contribution in [0.2, 0.25) is 0 Å². The number of sulfonamides is 1. The molecule has 5 nitrogen and oxygen atoms in total. The fourth-order valence-corrected chi connectivity index (χ4v) is 2.87. The number of hydrogen-bond acceptors (Lipinski definition) is 4. The van der Waals surface area contributed by atoms with Gasteiger partial charge in [-0.05, 0) is 29.8 Å². The molecule has 0 amide bonds. The van der Waals surface area contributed by atoms with E-state index >= 15 is 0 Å². The number of benzene rings is 2. The van der Waals surface area contributed by atoms with E-state index in [-0.39, 0.29) is 11.4 Å². The van der Waals surface area contributed by atoms with Crippen molar-refractivity contribution in [1.82, 2.24) is 4.72 Å². The number of hydrogen-bond donors (Lipinski definition) is 2. The molecule has 6 heteroatoms. The van der Waals surface area contributed by atoms with Gasteiger partial charge in [0.05, 0.1) is 16.5 Å². The van der Waals surface area contributed by atoms with Gasteiger partial charge in [0.25, 0.3) is 0 Å². The predicted octanol–water partition coefficient (Wildman–Crippen LogP) is 1.54.